The molecule has 6 heteroatoms. The summed E-state index contributed by atoms with van der Waals surface area (Å²) in [5, 5.41) is 11.8. The van der Waals surface area contributed by atoms with Crippen molar-refractivity contribution in [3.05, 3.63) is 40.8 Å². The van der Waals surface area contributed by atoms with E-state index in [0.717, 1.165) is 0 Å². The Morgan fingerprint density at radius 1 is 1.35 bits per heavy atom. The molecule has 88 valence electrons. The van der Waals surface area contributed by atoms with Crippen LogP contribution in [0.15, 0.2) is 39.4 Å². The van der Waals surface area contributed by atoms with Crippen molar-refractivity contribution in [1.82, 2.24) is 0 Å². The predicted octanol–water partition coefficient (Wildman–Crippen LogP) is 2.58. The third-order valence-electron chi connectivity index (χ3n) is 2.08. The molecule has 2 rings (SSSR count). The standard InChI is InChI=1S/C11H9BrN2O3/c12-10-4-3-9(17-10)11(16)14-8-2-1-6(15)5-7(8)13/h1-5,15H,13H2,(H,14,16). The van der Waals surface area contributed by atoms with Crippen LogP contribution in [0.3, 0.4) is 0 Å². The molecule has 0 saturated heterocycles. The number of benzene rings is 1. The lowest BCUT2D eigenvalue weighted by atomic mass is 10.2. The molecule has 0 saturated carbocycles. The third kappa shape index (κ3) is 2.59. The first-order chi connectivity index (χ1) is 8.06. The molecule has 17 heavy (non-hydrogen) atoms. The normalized spacial score (nSPS) is 10.2. The number of nitrogen functional groups attached to an aromatic ring is 1. The number of nitrogens with two attached hydrogens (primary N) is 1. The zero-order valence-electron chi connectivity index (χ0n) is 8.61. The fourth-order valence-corrected chi connectivity index (χ4v) is 1.59. The monoisotopic (exact) mass is 296 g/mol. The molecule has 0 fully saturated rings. The fraction of sp³-hybridized carbons (Fsp3) is 0. The molecular formula is C11H9BrN2O3. The molecular weight excluding hydrogens is 288 g/mol. The van der Waals surface area contributed by atoms with E-state index in [9.17, 15) is 9.90 Å². The van der Waals surface area contributed by atoms with E-state index in [4.69, 9.17) is 10.2 Å². The first-order valence-electron chi connectivity index (χ1n) is 4.71. The molecule has 0 aliphatic rings. The number of furan rings is 1. The first kappa shape index (κ1) is 11.5. The number of hydrogen-bond acceptors (Lipinski definition) is 4. The lowest BCUT2D eigenvalue weighted by Crippen LogP contribution is -2.12. The van der Waals surface area contributed by atoms with Crippen molar-refractivity contribution >= 4 is 33.2 Å². The van der Waals surface area contributed by atoms with Crippen LogP contribution < -0.4 is 11.1 Å². The molecule has 0 radical (unpaired) electrons. The largest absolute Gasteiger partial charge is 0.508 e. The smallest absolute Gasteiger partial charge is 0.291 e. The molecule has 2 aromatic rings. The molecule has 1 amide bonds. The Labute approximate surface area is 105 Å². The summed E-state index contributed by atoms with van der Waals surface area (Å²) in [6.45, 7) is 0. The van der Waals surface area contributed by atoms with Crippen LogP contribution in [-0.2, 0) is 0 Å². The van der Waals surface area contributed by atoms with Crippen molar-refractivity contribution in [3.8, 4) is 5.75 Å². The highest BCUT2D eigenvalue weighted by atomic mass is 79.9. The van der Waals surface area contributed by atoms with Crippen LogP contribution in [0.25, 0.3) is 0 Å². The number of nitrogens with one attached hydrogen (secondary N) is 1. The SMILES string of the molecule is Nc1cc(O)ccc1NC(=O)c1ccc(Br)o1. The predicted molar refractivity (Wildman–Crippen MR) is 66.9 cm³/mol. The Morgan fingerprint density at radius 3 is 2.71 bits per heavy atom. The number of carbonyl (C=O) groups excluding carboxylic acids is 1. The van der Waals surface area contributed by atoms with Gasteiger partial charge in [-0.25, -0.2) is 0 Å². The van der Waals surface area contributed by atoms with Crippen molar-refractivity contribution in [3.63, 3.8) is 0 Å². The van der Waals surface area contributed by atoms with Crippen LogP contribution in [-0.4, -0.2) is 11.0 Å². The molecule has 0 aliphatic heterocycles. The van der Waals surface area contributed by atoms with Crippen LogP contribution in [0.1, 0.15) is 10.6 Å². The van der Waals surface area contributed by atoms with E-state index in [1.54, 1.807) is 6.07 Å². The van der Waals surface area contributed by atoms with E-state index in [2.05, 4.69) is 21.2 Å². The highest BCUT2D eigenvalue weighted by Gasteiger charge is 2.12. The van der Waals surface area contributed by atoms with Gasteiger partial charge in [-0.1, -0.05) is 0 Å². The summed E-state index contributed by atoms with van der Waals surface area (Å²) >= 11 is 3.11. The maximum Gasteiger partial charge on any atom is 0.291 e. The average Bonchev–Trinajstić information content (AvgIpc) is 2.69. The van der Waals surface area contributed by atoms with Gasteiger partial charge >= 0.3 is 0 Å². The van der Waals surface area contributed by atoms with E-state index in [1.165, 1.54) is 24.3 Å². The van der Waals surface area contributed by atoms with Crippen LogP contribution >= 0.6 is 15.9 Å². The third-order valence-corrected chi connectivity index (χ3v) is 2.51. The van der Waals surface area contributed by atoms with Gasteiger partial charge in [-0.3, -0.25) is 4.79 Å². The lowest BCUT2D eigenvalue weighted by molar-refractivity contribution is 0.0995. The average molecular weight is 297 g/mol. The van der Waals surface area contributed by atoms with Crippen molar-refractivity contribution in [2.75, 3.05) is 11.1 Å². The number of phenols is 1. The number of hydrogen-bond donors (Lipinski definition) is 3. The minimum atomic E-state index is -0.409. The zero-order chi connectivity index (χ0) is 12.4. The van der Waals surface area contributed by atoms with Crippen molar-refractivity contribution < 1.29 is 14.3 Å². The minimum absolute atomic E-state index is 0.0428. The maximum atomic E-state index is 11.7. The number of aromatic hydroxyl groups is 1. The Hall–Kier alpha value is -1.95. The van der Waals surface area contributed by atoms with Crippen molar-refractivity contribution in [2.45, 2.75) is 0 Å². The summed E-state index contributed by atoms with van der Waals surface area (Å²) in [5.74, 6) is -0.196. The topological polar surface area (TPSA) is 88.5 Å². The van der Waals surface area contributed by atoms with Crippen LogP contribution in [0, 0.1) is 0 Å². The van der Waals surface area contributed by atoms with Crippen LogP contribution in [0.4, 0.5) is 11.4 Å². The van der Waals surface area contributed by atoms with E-state index in [0.29, 0.717) is 10.4 Å². The van der Waals surface area contributed by atoms with Crippen LogP contribution in [0.5, 0.6) is 5.75 Å². The van der Waals surface area contributed by atoms with Gasteiger partial charge in [-0.05, 0) is 40.2 Å². The molecule has 0 spiro atoms. The number of rotatable bonds is 2. The number of anilines is 2. The zero-order valence-corrected chi connectivity index (χ0v) is 10.2. The second-order valence-electron chi connectivity index (χ2n) is 3.33. The highest BCUT2D eigenvalue weighted by Crippen LogP contribution is 2.24. The maximum absolute atomic E-state index is 11.7. The molecule has 0 bridgehead atoms. The molecule has 1 aromatic heterocycles. The van der Waals surface area contributed by atoms with Gasteiger partial charge in [0, 0.05) is 6.07 Å². The summed E-state index contributed by atoms with van der Waals surface area (Å²) in [4.78, 5) is 11.7. The van der Waals surface area contributed by atoms with Gasteiger partial charge in [-0.2, -0.15) is 0 Å². The minimum Gasteiger partial charge on any atom is -0.508 e. The summed E-state index contributed by atoms with van der Waals surface area (Å²) in [6.07, 6.45) is 0. The number of amides is 1. The van der Waals surface area contributed by atoms with Crippen molar-refractivity contribution in [1.29, 1.82) is 0 Å². The number of halogens is 1. The van der Waals surface area contributed by atoms with Gasteiger partial charge in [0.25, 0.3) is 5.91 Å². The van der Waals surface area contributed by atoms with Gasteiger partial charge in [0.1, 0.15) is 5.75 Å². The Bertz CT molecular complexity index is 566. The first-order valence-corrected chi connectivity index (χ1v) is 5.51. The summed E-state index contributed by atoms with van der Waals surface area (Å²) in [6, 6.07) is 7.46. The number of phenolic OH excluding ortho intramolecular Hbond substituents is 1. The van der Waals surface area contributed by atoms with E-state index in [1.807, 2.05) is 0 Å². The summed E-state index contributed by atoms with van der Waals surface area (Å²) in [7, 11) is 0. The molecule has 5 nitrogen and oxygen atoms in total. The molecule has 4 N–H and O–H groups in total. The molecule has 0 unspecified atom stereocenters. The Balaban J connectivity index is 2.18. The summed E-state index contributed by atoms with van der Waals surface area (Å²) < 4.78 is 5.57. The van der Waals surface area contributed by atoms with Crippen LogP contribution in [0.2, 0.25) is 0 Å². The molecule has 0 aliphatic carbocycles. The van der Waals surface area contributed by atoms with E-state index in [-0.39, 0.29) is 17.2 Å². The van der Waals surface area contributed by atoms with E-state index >= 15 is 0 Å². The lowest BCUT2D eigenvalue weighted by Gasteiger charge is -2.06. The quantitative estimate of drug-likeness (QED) is 0.587. The Morgan fingerprint density at radius 2 is 2.12 bits per heavy atom. The van der Waals surface area contributed by atoms with E-state index < -0.39 is 5.91 Å². The van der Waals surface area contributed by atoms with Gasteiger partial charge in [0.05, 0.1) is 11.4 Å². The second-order valence-corrected chi connectivity index (χ2v) is 4.11. The molecule has 1 heterocycles. The molecule has 1 aromatic carbocycles. The number of carbonyl (C=O) groups is 1. The van der Waals surface area contributed by atoms with Gasteiger partial charge in [-0.15, -0.1) is 0 Å². The summed E-state index contributed by atoms with van der Waals surface area (Å²) in [5.41, 5.74) is 6.34. The highest BCUT2D eigenvalue weighted by molar-refractivity contribution is 9.10. The van der Waals surface area contributed by atoms with Gasteiger partial charge in [0.2, 0.25) is 0 Å². The van der Waals surface area contributed by atoms with Gasteiger partial charge in [0.15, 0.2) is 10.4 Å². The van der Waals surface area contributed by atoms with Gasteiger partial charge < -0.3 is 20.6 Å². The Kier molecular flexibility index (Phi) is 3.06. The molecule has 0 atom stereocenters. The van der Waals surface area contributed by atoms with Crippen molar-refractivity contribution in [2.24, 2.45) is 0 Å². The second kappa shape index (κ2) is 4.50. The fourth-order valence-electron chi connectivity index (χ4n) is 1.28.